The molecule has 0 saturated heterocycles. The molecule has 1 aliphatic rings. The van der Waals surface area contributed by atoms with Crippen molar-refractivity contribution in [1.29, 1.82) is 0 Å². The van der Waals surface area contributed by atoms with Crippen LogP contribution in [0.1, 0.15) is 48.9 Å². The van der Waals surface area contributed by atoms with Crippen molar-refractivity contribution in [2.75, 3.05) is 0 Å². The Labute approximate surface area is 109 Å². The lowest BCUT2D eigenvalue weighted by atomic mass is 9.77. The fourth-order valence-corrected chi connectivity index (χ4v) is 2.43. The van der Waals surface area contributed by atoms with E-state index < -0.39 is 5.54 Å². The number of benzene rings is 1. The second kappa shape index (κ2) is 4.73. The van der Waals surface area contributed by atoms with Crippen LogP contribution in [0.25, 0.3) is 0 Å². The molecule has 1 amide bonds. The highest BCUT2D eigenvalue weighted by atomic mass is 16.2. The number of amides is 1. The molecule has 3 heteroatoms. The summed E-state index contributed by atoms with van der Waals surface area (Å²) in [6.45, 7) is 6.15. The Morgan fingerprint density at radius 1 is 1.39 bits per heavy atom. The Morgan fingerprint density at radius 2 is 2.06 bits per heavy atom. The van der Waals surface area contributed by atoms with E-state index in [0.29, 0.717) is 0 Å². The fraction of sp³-hybridized carbons (Fsp3) is 0.533. The minimum absolute atomic E-state index is 0.0119. The molecule has 3 N–H and O–H groups in total. The molecule has 1 atom stereocenters. The Hall–Kier alpha value is -1.35. The van der Waals surface area contributed by atoms with Crippen molar-refractivity contribution in [1.82, 2.24) is 5.32 Å². The first kappa shape index (κ1) is 13.1. The third-order valence-corrected chi connectivity index (χ3v) is 3.95. The van der Waals surface area contributed by atoms with Crippen LogP contribution in [0.4, 0.5) is 0 Å². The van der Waals surface area contributed by atoms with E-state index in [4.69, 9.17) is 5.73 Å². The molecular weight excluding hydrogens is 224 g/mol. The van der Waals surface area contributed by atoms with Gasteiger partial charge in [0.2, 0.25) is 5.91 Å². The number of nitrogens with two attached hydrogens (primary N) is 1. The molecule has 0 heterocycles. The van der Waals surface area contributed by atoms with E-state index in [-0.39, 0.29) is 11.9 Å². The topological polar surface area (TPSA) is 55.1 Å². The maximum absolute atomic E-state index is 12.1. The van der Waals surface area contributed by atoms with Crippen LogP contribution in [0, 0.1) is 13.8 Å². The van der Waals surface area contributed by atoms with Gasteiger partial charge in [-0.05, 0) is 51.2 Å². The minimum atomic E-state index is -0.619. The predicted molar refractivity (Wildman–Crippen MR) is 73.2 cm³/mol. The number of hydrogen-bond donors (Lipinski definition) is 2. The number of carbonyl (C=O) groups excluding carboxylic acids is 1. The molecule has 1 aromatic carbocycles. The summed E-state index contributed by atoms with van der Waals surface area (Å²) in [4.78, 5) is 12.1. The van der Waals surface area contributed by atoms with Crippen LogP contribution in [0.2, 0.25) is 0 Å². The van der Waals surface area contributed by atoms with Gasteiger partial charge in [-0.15, -0.1) is 0 Å². The summed E-state index contributed by atoms with van der Waals surface area (Å²) in [5.74, 6) is -0.0119. The summed E-state index contributed by atoms with van der Waals surface area (Å²) in [7, 11) is 0. The van der Waals surface area contributed by atoms with E-state index in [1.54, 1.807) is 0 Å². The standard InChI is InChI=1S/C15H22N2O/c1-10-5-6-11(2)13(9-10)12(3)17-14(18)15(16)7-4-8-15/h5-6,9,12H,4,7-8,16H2,1-3H3,(H,17,18). The summed E-state index contributed by atoms with van der Waals surface area (Å²) in [6, 6.07) is 6.32. The van der Waals surface area contributed by atoms with Crippen LogP contribution in [-0.2, 0) is 4.79 Å². The summed E-state index contributed by atoms with van der Waals surface area (Å²) < 4.78 is 0. The highest BCUT2D eigenvalue weighted by Crippen LogP contribution is 2.30. The highest BCUT2D eigenvalue weighted by molar-refractivity contribution is 5.87. The predicted octanol–water partition coefficient (Wildman–Crippen LogP) is 2.36. The summed E-state index contributed by atoms with van der Waals surface area (Å²) in [5, 5.41) is 3.04. The van der Waals surface area contributed by atoms with Crippen LogP contribution in [0.15, 0.2) is 18.2 Å². The van der Waals surface area contributed by atoms with Gasteiger partial charge in [0.15, 0.2) is 0 Å². The SMILES string of the molecule is Cc1ccc(C)c(C(C)NC(=O)C2(N)CCC2)c1. The van der Waals surface area contributed by atoms with Crippen LogP contribution in [-0.4, -0.2) is 11.4 Å². The summed E-state index contributed by atoms with van der Waals surface area (Å²) in [5.41, 5.74) is 8.99. The van der Waals surface area contributed by atoms with E-state index >= 15 is 0 Å². The largest absolute Gasteiger partial charge is 0.348 e. The van der Waals surface area contributed by atoms with Gasteiger partial charge in [-0.25, -0.2) is 0 Å². The smallest absolute Gasteiger partial charge is 0.240 e. The van der Waals surface area contributed by atoms with Crippen LogP contribution >= 0.6 is 0 Å². The van der Waals surface area contributed by atoms with Crippen molar-refractivity contribution in [3.63, 3.8) is 0 Å². The fourth-order valence-electron chi connectivity index (χ4n) is 2.43. The highest BCUT2D eigenvalue weighted by Gasteiger charge is 2.40. The molecule has 1 aromatic rings. The summed E-state index contributed by atoms with van der Waals surface area (Å²) >= 11 is 0. The molecule has 98 valence electrons. The van der Waals surface area contributed by atoms with Crippen LogP contribution < -0.4 is 11.1 Å². The van der Waals surface area contributed by atoms with E-state index in [0.717, 1.165) is 19.3 Å². The van der Waals surface area contributed by atoms with E-state index in [1.807, 2.05) is 6.92 Å². The maximum atomic E-state index is 12.1. The first-order valence-electron chi connectivity index (χ1n) is 6.59. The number of carbonyl (C=O) groups is 1. The van der Waals surface area contributed by atoms with Gasteiger partial charge < -0.3 is 11.1 Å². The zero-order valence-electron chi connectivity index (χ0n) is 11.4. The van der Waals surface area contributed by atoms with Gasteiger partial charge in [0.25, 0.3) is 0 Å². The molecule has 1 unspecified atom stereocenters. The molecule has 0 radical (unpaired) electrons. The van der Waals surface area contributed by atoms with Gasteiger partial charge >= 0.3 is 0 Å². The van der Waals surface area contributed by atoms with E-state index in [1.165, 1.54) is 16.7 Å². The van der Waals surface area contributed by atoms with Crippen LogP contribution in [0.3, 0.4) is 0 Å². The van der Waals surface area contributed by atoms with E-state index in [2.05, 4.69) is 37.4 Å². The number of rotatable bonds is 3. The van der Waals surface area contributed by atoms with E-state index in [9.17, 15) is 4.79 Å². The van der Waals surface area contributed by atoms with Crippen LogP contribution in [0.5, 0.6) is 0 Å². The number of aryl methyl sites for hydroxylation is 2. The molecule has 0 aromatic heterocycles. The Kier molecular flexibility index (Phi) is 3.44. The molecule has 1 aliphatic carbocycles. The molecule has 3 nitrogen and oxygen atoms in total. The zero-order valence-corrected chi connectivity index (χ0v) is 11.4. The summed E-state index contributed by atoms with van der Waals surface area (Å²) in [6.07, 6.45) is 2.67. The molecule has 1 saturated carbocycles. The average Bonchev–Trinajstić information content (AvgIpc) is 2.28. The Bertz CT molecular complexity index is 464. The lowest BCUT2D eigenvalue weighted by Crippen LogP contribution is -2.58. The zero-order chi connectivity index (χ0) is 13.3. The second-order valence-electron chi connectivity index (χ2n) is 5.56. The first-order valence-corrected chi connectivity index (χ1v) is 6.59. The van der Waals surface area contributed by atoms with Gasteiger partial charge in [-0.3, -0.25) is 4.79 Å². The first-order chi connectivity index (χ1) is 8.42. The van der Waals surface area contributed by atoms with Gasteiger partial charge in [-0.1, -0.05) is 23.8 Å². The molecule has 0 spiro atoms. The Balaban J connectivity index is 2.09. The quantitative estimate of drug-likeness (QED) is 0.860. The van der Waals surface area contributed by atoms with Crippen molar-refractivity contribution in [2.45, 2.75) is 51.6 Å². The Morgan fingerprint density at radius 3 is 2.61 bits per heavy atom. The normalized spacial score (nSPS) is 18.9. The van der Waals surface area contributed by atoms with Gasteiger partial charge in [0.1, 0.15) is 0 Å². The number of hydrogen-bond acceptors (Lipinski definition) is 2. The number of nitrogens with one attached hydrogen (secondary N) is 1. The third kappa shape index (κ3) is 2.41. The molecule has 0 bridgehead atoms. The molecule has 2 rings (SSSR count). The van der Waals surface area contributed by atoms with Crippen molar-refractivity contribution < 1.29 is 4.79 Å². The second-order valence-corrected chi connectivity index (χ2v) is 5.56. The molecule has 18 heavy (non-hydrogen) atoms. The van der Waals surface area contributed by atoms with Crippen molar-refractivity contribution in [3.05, 3.63) is 34.9 Å². The molecule has 1 fully saturated rings. The van der Waals surface area contributed by atoms with Crippen molar-refractivity contribution >= 4 is 5.91 Å². The monoisotopic (exact) mass is 246 g/mol. The van der Waals surface area contributed by atoms with Gasteiger partial charge in [0, 0.05) is 0 Å². The minimum Gasteiger partial charge on any atom is -0.348 e. The third-order valence-electron chi connectivity index (χ3n) is 3.95. The van der Waals surface area contributed by atoms with Crippen molar-refractivity contribution in [2.24, 2.45) is 5.73 Å². The van der Waals surface area contributed by atoms with Gasteiger partial charge in [0.05, 0.1) is 11.6 Å². The molecule has 0 aliphatic heterocycles. The van der Waals surface area contributed by atoms with Crippen molar-refractivity contribution in [3.8, 4) is 0 Å². The maximum Gasteiger partial charge on any atom is 0.240 e. The van der Waals surface area contributed by atoms with Gasteiger partial charge in [-0.2, -0.15) is 0 Å². The lowest BCUT2D eigenvalue weighted by Gasteiger charge is -2.37. The lowest BCUT2D eigenvalue weighted by molar-refractivity contribution is -0.129. The average molecular weight is 246 g/mol. The molecular formula is C15H22N2O.